The summed E-state index contributed by atoms with van der Waals surface area (Å²) in [6.45, 7) is 0.720. The molecule has 0 aliphatic carbocycles. The molecule has 0 atom stereocenters. The zero-order valence-corrected chi connectivity index (χ0v) is 14.3. The Morgan fingerprint density at radius 2 is 1.68 bits per heavy atom. The SMILES string of the molecule is O=C(NCC#Cc1ccccc1Cl)NCc1cccc2ccccc12. The van der Waals surface area contributed by atoms with E-state index in [1.54, 1.807) is 6.07 Å². The molecule has 0 aliphatic heterocycles. The summed E-state index contributed by atoms with van der Waals surface area (Å²) in [4.78, 5) is 11.9. The average molecular weight is 349 g/mol. The topological polar surface area (TPSA) is 41.1 Å². The standard InChI is InChI=1S/C21H17ClN2O/c22-20-13-4-2-8-17(20)11-6-14-23-21(25)24-15-18-10-5-9-16-7-1-3-12-19(16)18/h1-5,7-10,12-13H,14-15H2,(H2,23,24,25). The minimum atomic E-state index is -0.249. The van der Waals surface area contributed by atoms with Crippen LogP contribution in [0, 0.1) is 11.8 Å². The van der Waals surface area contributed by atoms with Gasteiger partial charge < -0.3 is 10.6 Å². The van der Waals surface area contributed by atoms with Crippen LogP contribution >= 0.6 is 11.6 Å². The highest BCUT2D eigenvalue weighted by atomic mass is 35.5. The van der Waals surface area contributed by atoms with E-state index in [2.05, 4.69) is 40.7 Å². The highest BCUT2D eigenvalue weighted by molar-refractivity contribution is 6.31. The molecule has 3 aromatic carbocycles. The number of hydrogen-bond acceptors (Lipinski definition) is 1. The molecule has 3 rings (SSSR count). The van der Waals surface area contributed by atoms with Crippen LogP contribution in [0.25, 0.3) is 10.8 Å². The Morgan fingerprint density at radius 3 is 2.56 bits per heavy atom. The van der Waals surface area contributed by atoms with Gasteiger partial charge in [-0.1, -0.05) is 78.0 Å². The van der Waals surface area contributed by atoms with Gasteiger partial charge in [-0.05, 0) is 28.5 Å². The Kier molecular flexibility index (Phi) is 5.56. The molecule has 0 heterocycles. The maximum atomic E-state index is 11.9. The normalized spacial score (nSPS) is 9.96. The molecule has 0 radical (unpaired) electrons. The van der Waals surface area contributed by atoms with Crippen molar-refractivity contribution >= 4 is 28.4 Å². The second-order valence-corrected chi connectivity index (χ2v) is 5.86. The lowest BCUT2D eigenvalue weighted by Crippen LogP contribution is -2.35. The van der Waals surface area contributed by atoms with Gasteiger partial charge >= 0.3 is 6.03 Å². The molecule has 0 saturated heterocycles. The molecule has 4 heteroatoms. The van der Waals surface area contributed by atoms with Crippen molar-refractivity contribution in [2.75, 3.05) is 6.54 Å². The molecule has 0 fully saturated rings. The molecule has 2 N–H and O–H groups in total. The summed E-state index contributed by atoms with van der Waals surface area (Å²) in [6, 6.07) is 21.3. The first-order valence-electron chi connectivity index (χ1n) is 7.96. The summed E-state index contributed by atoms with van der Waals surface area (Å²) in [5.41, 5.74) is 1.83. The van der Waals surface area contributed by atoms with E-state index in [9.17, 15) is 4.79 Å². The fraction of sp³-hybridized carbons (Fsp3) is 0.0952. The quantitative estimate of drug-likeness (QED) is 0.679. The Hall–Kier alpha value is -2.96. The van der Waals surface area contributed by atoms with E-state index in [0.717, 1.165) is 21.9 Å². The van der Waals surface area contributed by atoms with Crippen LogP contribution in [0.1, 0.15) is 11.1 Å². The summed E-state index contributed by atoms with van der Waals surface area (Å²) < 4.78 is 0. The number of benzene rings is 3. The lowest BCUT2D eigenvalue weighted by atomic mass is 10.0. The minimum absolute atomic E-state index is 0.249. The minimum Gasteiger partial charge on any atom is -0.334 e. The van der Waals surface area contributed by atoms with Gasteiger partial charge in [-0.15, -0.1) is 0 Å². The summed E-state index contributed by atoms with van der Waals surface area (Å²) in [7, 11) is 0. The van der Waals surface area contributed by atoms with Crippen LogP contribution in [-0.2, 0) is 6.54 Å². The van der Waals surface area contributed by atoms with Crippen molar-refractivity contribution < 1.29 is 4.79 Å². The Bertz CT molecular complexity index is 951. The second-order valence-electron chi connectivity index (χ2n) is 5.46. The third kappa shape index (κ3) is 4.53. The van der Waals surface area contributed by atoms with Gasteiger partial charge in [0.1, 0.15) is 0 Å². The third-order valence-electron chi connectivity index (χ3n) is 3.75. The van der Waals surface area contributed by atoms with Gasteiger partial charge in [-0.2, -0.15) is 0 Å². The van der Waals surface area contributed by atoms with Gasteiger partial charge in [0.25, 0.3) is 0 Å². The summed E-state index contributed by atoms with van der Waals surface area (Å²) >= 11 is 6.03. The van der Waals surface area contributed by atoms with Crippen LogP contribution in [0.5, 0.6) is 0 Å². The first-order valence-corrected chi connectivity index (χ1v) is 8.33. The second kappa shape index (κ2) is 8.23. The third-order valence-corrected chi connectivity index (χ3v) is 4.08. The van der Waals surface area contributed by atoms with E-state index in [0.29, 0.717) is 11.6 Å². The predicted octanol–water partition coefficient (Wildman–Crippen LogP) is 4.34. The number of fused-ring (bicyclic) bond motifs is 1. The summed E-state index contributed by atoms with van der Waals surface area (Å²) in [5, 5.41) is 8.49. The maximum Gasteiger partial charge on any atom is 0.315 e. The summed E-state index contributed by atoms with van der Waals surface area (Å²) in [5.74, 6) is 5.84. The first-order chi connectivity index (χ1) is 12.2. The van der Waals surface area contributed by atoms with Crippen LogP contribution in [-0.4, -0.2) is 12.6 Å². The number of amides is 2. The number of urea groups is 1. The Morgan fingerprint density at radius 1 is 0.920 bits per heavy atom. The fourth-order valence-corrected chi connectivity index (χ4v) is 2.69. The predicted molar refractivity (Wildman–Crippen MR) is 103 cm³/mol. The van der Waals surface area contributed by atoms with E-state index >= 15 is 0 Å². The molecule has 0 aromatic heterocycles. The molecule has 25 heavy (non-hydrogen) atoms. The maximum absolute atomic E-state index is 11.9. The van der Waals surface area contributed by atoms with E-state index in [1.165, 1.54) is 0 Å². The van der Waals surface area contributed by atoms with E-state index in [-0.39, 0.29) is 12.6 Å². The van der Waals surface area contributed by atoms with Crippen molar-refractivity contribution in [3.63, 3.8) is 0 Å². The van der Waals surface area contributed by atoms with Crippen molar-refractivity contribution in [1.82, 2.24) is 10.6 Å². The number of hydrogen-bond donors (Lipinski definition) is 2. The molecular formula is C21H17ClN2O. The largest absolute Gasteiger partial charge is 0.334 e. The molecular weight excluding hydrogens is 332 g/mol. The van der Waals surface area contributed by atoms with Crippen molar-refractivity contribution in [2.24, 2.45) is 0 Å². The van der Waals surface area contributed by atoms with Gasteiger partial charge in [-0.3, -0.25) is 0 Å². The zero-order valence-electron chi connectivity index (χ0n) is 13.6. The van der Waals surface area contributed by atoms with Crippen LogP contribution in [0.15, 0.2) is 66.7 Å². The highest BCUT2D eigenvalue weighted by Gasteiger charge is 2.02. The van der Waals surface area contributed by atoms with Crippen LogP contribution in [0.4, 0.5) is 4.79 Å². The molecule has 0 saturated carbocycles. The first kappa shape index (κ1) is 16.9. The Balaban J connectivity index is 1.53. The van der Waals surface area contributed by atoms with Gasteiger partial charge in [0.15, 0.2) is 0 Å². The van der Waals surface area contributed by atoms with Gasteiger partial charge in [-0.25, -0.2) is 4.79 Å². The van der Waals surface area contributed by atoms with Gasteiger partial charge in [0.05, 0.1) is 11.6 Å². The van der Waals surface area contributed by atoms with Crippen molar-refractivity contribution in [1.29, 1.82) is 0 Å². The van der Waals surface area contributed by atoms with Crippen LogP contribution in [0.2, 0.25) is 5.02 Å². The smallest absolute Gasteiger partial charge is 0.315 e. The van der Waals surface area contributed by atoms with E-state index in [1.807, 2.05) is 42.5 Å². The Labute approximate surface area is 152 Å². The lowest BCUT2D eigenvalue weighted by Gasteiger charge is -2.08. The fourth-order valence-electron chi connectivity index (χ4n) is 2.51. The number of rotatable bonds is 3. The average Bonchev–Trinajstić information content (AvgIpc) is 2.65. The monoisotopic (exact) mass is 348 g/mol. The van der Waals surface area contributed by atoms with Crippen LogP contribution < -0.4 is 10.6 Å². The van der Waals surface area contributed by atoms with E-state index in [4.69, 9.17) is 11.6 Å². The molecule has 3 aromatic rings. The zero-order chi connectivity index (χ0) is 17.5. The molecule has 0 unspecified atom stereocenters. The summed E-state index contributed by atoms with van der Waals surface area (Å²) in [6.07, 6.45) is 0. The molecule has 0 aliphatic rings. The molecule has 2 amide bonds. The molecule has 3 nitrogen and oxygen atoms in total. The lowest BCUT2D eigenvalue weighted by molar-refractivity contribution is 0.241. The van der Waals surface area contributed by atoms with Crippen molar-refractivity contribution in [3.8, 4) is 11.8 Å². The van der Waals surface area contributed by atoms with Gasteiger partial charge in [0, 0.05) is 12.1 Å². The number of carbonyl (C=O) groups is 1. The number of carbonyl (C=O) groups excluding carboxylic acids is 1. The molecule has 124 valence electrons. The number of halogens is 1. The van der Waals surface area contributed by atoms with Crippen LogP contribution in [0.3, 0.4) is 0 Å². The highest BCUT2D eigenvalue weighted by Crippen LogP contribution is 2.18. The van der Waals surface area contributed by atoms with Crippen molar-refractivity contribution in [2.45, 2.75) is 6.54 Å². The number of nitrogens with one attached hydrogen (secondary N) is 2. The van der Waals surface area contributed by atoms with Gasteiger partial charge in [0.2, 0.25) is 0 Å². The van der Waals surface area contributed by atoms with E-state index < -0.39 is 0 Å². The molecule has 0 bridgehead atoms. The molecule has 0 spiro atoms. The van der Waals surface area contributed by atoms with Crippen molar-refractivity contribution in [3.05, 3.63) is 82.9 Å².